The molecule has 198 valence electrons. The molecule has 14 heteroatoms. The van der Waals surface area contributed by atoms with E-state index in [1.807, 2.05) is 6.92 Å². The van der Waals surface area contributed by atoms with Crippen LogP contribution < -0.4 is 21.7 Å². The van der Waals surface area contributed by atoms with Crippen LogP contribution >= 0.6 is 0 Å². The van der Waals surface area contributed by atoms with E-state index < -0.39 is 17.9 Å². The van der Waals surface area contributed by atoms with E-state index in [-0.39, 0.29) is 17.5 Å². The maximum Gasteiger partial charge on any atom is 0.433 e. The molecule has 0 radical (unpaired) electrons. The van der Waals surface area contributed by atoms with Crippen molar-refractivity contribution in [1.82, 2.24) is 24.9 Å². The number of nitrogens with zero attached hydrogens (tertiary/aromatic N) is 4. The number of benzene rings is 1. The summed E-state index contributed by atoms with van der Waals surface area (Å²) in [5.41, 5.74) is 7.12. The Kier molecular flexibility index (Phi) is 7.71. The molecule has 3 heterocycles. The van der Waals surface area contributed by atoms with Crippen molar-refractivity contribution in [2.45, 2.75) is 13.1 Å². The standard InChI is InChI=1S/C24H23F3N8O3/c1-2-38-11-10-29-22(36)16-12-35-20(21(28)30-13-31-35)19(16)14-6-8-15(9-7-14)32-23(37)34-18-5-3-4-17(33-18)24(25,26)27/h3-9,12-13H,2,10-11H2,1H3,(H,29,36)(H2,28,30,31)(H2,32,33,34,37). The zero-order valence-electron chi connectivity index (χ0n) is 20.0. The number of alkyl halides is 3. The average Bonchev–Trinajstić information content (AvgIpc) is 3.28. The summed E-state index contributed by atoms with van der Waals surface area (Å²) in [6.45, 7) is 3.04. The van der Waals surface area contributed by atoms with Crippen LogP contribution in [0.15, 0.2) is 55.0 Å². The summed E-state index contributed by atoms with van der Waals surface area (Å²) < 4.78 is 45.3. The lowest BCUT2D eigenvalue weighted by Gasteiger charge is -2.11. The van der Waals surface area contributed by atoms with Gasteiger partial charge in [-0.05, 0) is 36.8 Å². The van der Waals surface area contributed by atoms with Crippen molar-refractivity contribution >= 4 is 34.8 Å². The molecule has 0 bridgehead atoms. The Morgan fingerprint density at radius 3 is 2.58 bits per heavy atom. The van der Waals surface area contributed by atoms with E-state index in [0.29, 0.717) is 47.7 Å². The summed E-state index contributed by atoms with van der Waals surface area (Å²) in [6.07, 6.45) is -1.82. The number of nitrogen functional groups attached to an aromatic ring is 1. The van der Waals surface area contributed by atoms with Gasteiger partial charge in [0.25, 0.3) is 5.91 Å². The topological polar surface area (TPSA) is 149 Å². The van der Waals surface area contributed by atoms with Crippen LogP contribution in [0.4, 0.5) is 35.3 Å². The summed E-state index contributed by atoms with van der Waals surface area (Å²) in [6, 6.07) is 8.83. The normalized spacial score (nSPS) is 11.4. The number of fused-ring (bicyclic) bond motifs is 1. The van der Waals surface area contributed by atoms with Gasteiger partial charge >= 0.3 is 12.2 Å². The highest BCUT2D eigenvalue weighted by Gasteiger charge is 2.32. The number of carbonyl (C=O) groups excluding carboxylic acids is 2. The molecule has 5 N–H and O–H groups in total. The Morgan fingerprint density at radius 2 is 1.87 bits per heavy atom. The number of hydrogen-bond acceptors (Lipinski definition) is 7. The predicted octanol–water partition coefficient (Wildman–Crippen LogP) is 3.80. The number of hydrogen-bond donors (Lipinski definition) is 4. The van der Waals surface area contributed by atoms with Gasteiger partial charge in [0.05, 0.1) is 12.2 Å². The molecule has 0 aliphatic rings. The van der Waals surface area contributed by atoms with Gasteiger partial charge in [-0.25, -0.2) is 19.3 Å². The number of carbonyl (C=O) groups is 2. The van der Waals surface area contributed by atoms with Crippen LogP contribution in [0.5, 0.6) is 0 Å². The minimum absolute atomic E-state index is 0.165. The smallest absolute Gasteiger partial charge is 0.382 e. The summed E-state index contributed by atoms with van der Waals surface area (Å²) in [4.78, 5) is 32.7. The number of halogens is 3. The highest BCUT2D eigenvalue weighted by atomic mass is 19.4. The van der Waals surface area contributed by atoms with E-state index in [4.69, 9.17) is 10.5 Å². The third kappa shape index (κ3) is 5.98. The zero-order valence-corrected chi connectivity index (χ0v) is 20.0. The van der Waals surface area contributed by atoms with Gasteiger partial charge in [0.2, 0.25) is 0 Å². The second kappa shape index (κ2) is 11.1. The van der Waals surface area contributed by atoms with Gasteiger partial charge in [-0.2, -0.15) is 18.3 Å². The molecule has 38 heavy (non-hydrogen) atoms. The molecule has 4 aromatic rings. The fraction of sp³-hybridized carbons (Fsp3) is 0.208. The summed E-state index contributed by atoms with van der Waals surface area (Å²) in [7, 11) is 0. The zero-order chi connectivity index (χ0) is 27.3. The Bertz CT molecular complexity index is 1450. The average molecular weight is 528 g/mol. The number of rotatable bonds is 8. The molecule has 0 aliphatic carbocycles. The van der Waals surface area contributed by atoms with Gasteiger partial charge in [-0.1, -0.05) is 18.2 Å². The van der Waals surface area contributed by atoms with Gasteiger partial charge < -0.3 is 21.1 Å². The molecular formula is C24H23F3N8O3. The Hall–Kier alpha value is -4.72. The second-order valence-electron chi connectivity index (χ2n) is 7.87. The molecule has 0 unspecified atom stereocenters. The number of aromatic nitrogens is 4. The van der Waals surface area contributed by atoms with Crippen molar-refractivity contribution in [2.75, 3.05) is 36.1 Å². The molecule has 0 aliphatic heterocycles. The fourth-order valence-corrected chi connectivity index (χ4v) is 3.64. The largest absolute Gasteiger partial charge is 0.433 e. The first kappa shape index (κ1) is 26.3. The molecule has 0 saturated heterocycles. The van der Waals surface area contributed by atoms with E-state index in [9.17, 15) is 22.8 Å². The molecule has 0 spiro atoms. The van der Waals surface area contributed by atoms with Gasteiger partial charge in [-0.15, -0.1) is 0 Å². The Morgan fingerprint density at radius 1 is 1.11 bits per heavy atom. The number of anilines is 3. The third-order valence-corrected chi connectivity index (χ3v) is 5.30. The van der Waals surface area contributed by atoms with Crippen molar-refractivity contribution < 1.29 is 27.5 Å². The number of nitrogens with two attached hydrogens (primary N) is 1. The Labute approximate surface area is 214 Å². The molecular weight excluding hydrogens is 505 g/mol. The van der Waals surface area contributed by atoms with Crippen LogP contribution in [-0.4, -0.2) is 51.3 Å². The van der Waals surface area contributed by atoms with Crippen molar-refractivity contribution in [3.8, 4) is 11.1 Å². The fourth-order valence-electron chi connectivity index (χ4n) is 3.64. The molecule has 0 fully saturated rings. The SMILES string of the molecule is CCOCCNC(=O)c1cn2ncnc(N)c2c1-c1ccc(NC(=O)Nc2cccc(C(F)(F)F)n2)cc1. The summed E-state index contributed by atoms with van der Waals surface area (Å²) in [5.74, 6) is -0.456. The van der Waals surface area contributed by atoms with Crippen LogP contribution in [0.2, 0.25) is 0 Å². The predicted molar refractivity (Wildman–Crippen MR) is 134 cm³/mol. The molecule has 0 atom stereocenters. The maximum absolute atomic E-state index is 12.9. The number of ether oxygens (including phenoxy) is 1. The van der Waals surface area contributed by atoms with E-state index in [2.05, 4.69) is 31.0 Å². The summed E-state index contributed by atoms with van der Waals surface area (Å²) in [5, 5.41) is 11.7. The Balaban J connectivity index is 1.54. The number of nitrogens with one attached hydrogen (secondary N) is 3. The quantitative estimate of drug-likeness (QED) is 0.254. The summed E-state index contributed by atoms with van der Waals surface area (Å²) >= 11 is 0. The molecule has 1 aromatic carbocycles. The van der Waals surface area contributed by atoms with E-state index in [1.165, 1.54) is 16.9 Å². The number of amides is 3. The van der Waals surface area contributed by atoms with Crippen LogP contribution in [0.3, 0.4) is 0 Å². The highest BCUT2D eigenvalue weighted by Crippen LogP contribution is 2.33. The van der Waals surface area contributed by atoms with Crippen molar-refractivity contribution in [1.29, 1.82) is 0 Å². The van der Waals surface area contributed by atoms with Crippen LogP contribution in [0.25, 0.3) is 16.6 Å². The highest BCUT2D eigenvalue weighted by molar-refractivity contribution is 6.07. The van der Waals surface area contributed by atoms with Crippen LogP contribution in [0.1, 0.15) is 23.0 Å². The number of pyridine rings is 1. The van der Waals surface area contributed by atoms with Crippen molar-refractivity contribution in [2.24, 2.45) is 0 Å². The first-order valence-electron chi connectivity index (χ1n) is 11.4. The minimum Gasteiger partial charge on any atom is -0.382 e. The monoisotopic (exact) mass is 528 g/mol. The van der Waals surface area contributed by atoms with E-state index in [1.54, 1.807) is 30.5 Å². The third-order valence-electron chi connectivity index (χ3n) is 5.30. The van der Waals surface area contributed by atoms with Crippen molar-refractivity contribution in [3.05, 3.63) is 66.2 Å². The molecule has 4 rings (SSSR count). The lowest BCUT2D eigenvalue weighted by molar-refractivity contribution is -0.141. The van der Waals surface area contributed by atoms with Gasteiger partial charge in [0.1, 0.15) is 23.4 Å². The lowest BCUT2D eigenvalue weighted by Crippen LogP contribution is -2.27. The van der Waals surface area contributed by atoms with Crippen molar-refractivity contribution in [3.63, 3.8) is 0 Å². The minimum atomic E-state index is -4.64. The molecule has 11 nitrogen and oxygen atoms in total. The molecule has 0 saturated carbocycles. The second-order valence-corrected chi connectivity index (χ2v) is 7.87. The van der Waals surface area contributed by atoms with Crippen LogP contribution in [0, 0.1) is 0 Å². The van der Waals surface area contributed by atoms with E-state index in [0.717, 1.165) is 12.1 Å². The lowest BCUT2D eigenvalue weighted by atomic mass is 10.0. The van der Waals surface area contributed by atoms with Gasteiger partial charge in [0, 0.05) is 30.6 Å². The maximum atomic E-state index is 12.9. The number of urea groups is 1. The molecule has 3 aromatic heterocycles. The molecule has 3 amide bonds. The first-order valence-corrected chi connectivity index (χ1v) is 11.4. The first-order chi connectivity index (χ1) is 18.2. The van der Waals surface area contributed by atoms with Gasteiger partial charge in [-0.3, -0.25) is 10.1 Å². The van der Waals surface area contributed by atoms with Crippen LogP contribution in [-0.2, 0) is 10.9 Å². The van der Waals surface area contributed by atoms with E-state index >= 15 is 0 Å². The van der Waals surface area contributed by atoms with Gasteiger partial charge in [0.15, 0.2) is 5.82 Å².